The second kappa shape index (κ2) is 8.19. The molecule has 0 aliphatic rings. The lowest BCUT2D eigenvalue weighted by atomic mass is 10.3. The fraction of sp³-hybridized carbons (Fsp3) is 0.250. The number of aryl methyl sites for hydroxylation is 2. The summed E-state index contributed by atoms with van der Waals surface area (Å²) in [5.41, 5.74) is 2.66. The average Bonchev–Trinajstić information content (AvgIpc) is 2.47. The molecule has 23 heavy (non-hydrogen) atoms. The maximum absolute atomic E-state index is 5.19. The van der Waals surface area contributed by atoms with Crippen LogP contribution in [0.5, 0.6) is 0 Å². The Morgan fingerprint density at radius 2 is 1.74 bits per heavy atom. The molecule has 0 saturated heterocycles. The van der Waals surface area contributed by atoms with Crippen molar-refractivity contribution in [2.45, 2.75) is 20.8 Å². The van der Waals surface area contributed by atoms with Gasteiger partial charge in [-0.3, -0.25) is 5.32 Å². The van der Waals surface area contributed by atoms with Crippen molar-refractivity contribution in [1.82, 2.24) is 15.3 Å². The number of para-hydroxylation sites is 1. The Bertz CT molecular complexity index is 679. The summed E-state index contributed by atoms with van der Waals surface area (Å²) in [6.45, 7) is 6.52. The molecular weight excluding hydrogens is 308 g/mol. The van der Waals surface area contributed by atoms with E-state index in [1.165, 1.54) is 0 Å². The lowest BCUT2D eigenvalue weighted by molar-refractivity contribution is 0.972. The SMILES string of the molecule is CCNC(=S)/N=C(\Nc1ccccc1)Nc1nc(C)cc(C)n1. The van der Waals surface area contributed by atoms with E-state index in [0.717, 1.165) is 17.1 Å². The van der Waals surface area contributed by atoms with Gasteiger partial charge in [-0.25, -0.2) is 9.97 Å². The summed E-state index contributed by atoms with van der Waals surface area (Å²) in [5, 5.41) is 9.66. The zero-order valence-corrected chi connectivity index (χ0v) is 14.2. The van der Waals surface area contributed by atoms with Gasteiger partial charge in [0.25, 0.3) is 0 Å². The van der Waals surface area contributed by atoms with E-state index in [2.05, 4.69) is 30.9 Å². The second-order valence-corrected chi connectivity index (χ2v) is 5.27. The van der Waals surface area contributed by atoms with Crippen LogP contribution in [0.15, 0.2) is 41.4 Å². The Morgan fingerprint density at radius 1 is 1.09 bits per heavy atom. The normalized spacial score (nSPS) is 11.0. The second-order valence-electron chi connectivity index (χ2n) is 4.89. The third-order valence-corrected chi connectivity index (χ3v) is 3.03. The largest absolute Gasteiger partial charge is 0.361 e. The van der Waals surface area contributed by atoms with Crippen molar-refractivity contribution in [3.63, 3.8) is 0 Å². The molecule has 0 fully saturated rings. The third-order valence-electron chi connectivity index (χ3n) is 2.79. The highest BCUT2D eigenvalue weighted by Crippen LogP contribution is 2.08. The zero-order chi connectivity index (χ0) is 16.7. The van der Waals surface area contributed by atoms with Crippen LogP contribution < -0.4 is 16.0 Å². The molecule has 0 amide bonds. The number of rotatable bonds is 3. The van der Waals surface area contributed by atoms with Crippen LogP contribution in [0.25, 0.3) is 0 Å². The van der Waals surface area contributed by atoms with Crippen molar-refractivity contribution in [1.29, 1.82) is 0 Å². The summed E-state index contributed by atoms with van der Waals surface area (Å²) in [4.78, 5) is 13.1. The van der Waals surface area contributed by atoms with Gasteiger partial charge in [0, 0.05) is 23.6 Å². The first-order chi connectivity index (χ1) is 11.1. The molecule has 1 heterocycles. The number of nitrogens with zero attached hydrogens (tertiary/aromatic N) is 3. The van der Waals surface area contributed by atoms with Crippen molar-refractivity contribution >= 4 is 34.9 Å². The van der Waals surface area contributed by atoms with E-state index in [-0.39, 0.29) is 0 Å². The highest BCUT2D eigenvalue weighted by molar-refractivity contribution is 7.80. The molecule has 120 valence electrons. The van der Waals surface area contributed by atoms with Crippen LogP contribution >= 0.6 is 12.2 Å². The topological polar surface area (TPSA) is 74.2 Å². The van der Waals surface area contributed by atoms with Crippen LogP contribution in [0.1, 0.15) is 18.3 Å². The van der Waals surface area contributed by atoms with Crippen LogP contribution in [-0.4, -0.2) is 27.6 Å². The number of thiocarbonyl (C=S) groups is 1. The molecule has 0 bridgehead atoms. The van der Waals surface area contributed by atoms with Gasteiger partial charge in [0.2, 0.25) is 11.9 Å². The molecule has 0 saturated carbocycles. The number of anilines is 2. The number of hydrogen-bond donors (Lipinski definition) is 3. The Balaban J connectivity index is 2.23. The van der Waals surface area contributed by atoms with Gasteiger partial charge in [0.1, 0.15) is 0 Å². The Labute approximate surface area is 141 Å². The fourth-order valence-electron chi connectivity index (χ4n) is 1.93. The molecule has 1 aromatic carbocycles. The summed E-state index contributed by atoms with van der Waals surface area (Å²) in [6, 6.07) is 11.6. The van der Waals surface area contributed by atoms with Crippen LogP contribution in [0.4, 0.5) is 11.6 Å². The quantitative estimate of drug-likeness (QED) is 0.457. The predicted molar refractivity (Wildman–Crippen MR) is 98.9 cm³/mol. The van der Waals surface area contributed by atoms with E-state index in [1.807, 2.05) is 57.2 Å². The van der Waals surface area contributed by atoms with Crippen LogP contribution in [0, 0.1) is 13.8 Å². The molecular formula is C16H20N6S. The standard InChI is InChI=1S/C16H20N6S/c1-4-17-16(23)22-15(20-13-8-6-5-7-9-13)21-14-18-11(2)10-12(3)19-14/h5-10H,4H2,1-3H3,(H3,17,18,19,20,21,22,23). The summed E-state index contributed by atoms with van der Waals surface area (Å²) >= 11 is 5.19. The maximum Gasteiger partial charge on any atom is 0.229 e. The van der Waals surface area contributed by atoms with Gasteiger partial charge < -0.3 is 10.6 Å². The third kappa shape index (κ3) is 5.63. The lowest BCUT2D eigenvalue weighted by Crippen LogP contribution is -2.28. The fourth-order valence-corrected chi connectivity index (χ4v) is 2.16. The van der Waals surface area contributed by atoms with Crippen LogP contribution in [-0.2, 0) is 0 Å². The van der Waals surface area contributed by atoms with E-state index in [4.69, 9.17) is 12.2 Å². The molecule has 0 unspecified atom stereocenters. The first kappa shape index (κ1) is 16.8. The molecule has 0 aliphatic heterocycles. The Morgan fingerprint density at radius 3 is 2.35 bits per heavy atom. The molecule has 0 atom stereocenters. The molecule has 7 heteroatoms. The minimum Gasteiger partial charge on any atom is -0.361 e. The van der Waals surface area contributed by atoms with Gasteiger partial charge in [-0.2, -0.15) is 4.99 Å². The lowest BCUT2D eigenvalue weighted by Gasteiger charge is -2.12. The highest BCUT2D eigenvalue weighted by atomic mass is 32.1. The van der Waals surface area contributed by atoms with E-state index in [9.17, 15) is 0 Å². The van der Waals surface area contributed by atoms with E-state index >= 15 is 0 Å². The first-order valence-corrected chi connectivity index (χ1v) is 7.75. The number of nitrogens with one attached hydrogen (secondary N) is 3. The van der Waals surface area contributed by atoms with Crippen molar-refractivity contribution < 1.29 is 0 Å². The monoisotopic (exact) mass is 328 g/mol. The average molecular weight is 328 g/mol. The molecule has 0 spiro atoms. The van der Waals surface area contributed by atoms with Gasteiger partial charge in [0.05, 0.1) is 0 Å². The van der Waals surface area contributed by atoms with Gasteiger partial charge in [-0.15, -0.1) is 0 Å². The minimum absolute atomic E-state index is 0.391. The van der Waals surface area contributed by atoms with E-state index < -0.39 is 0 Å². The minimum atomic E-state index is 0.391. The van der Waals surface area contributed by atoms with Crippen molar-refractivity contribution in [2.24, 2.45) is 4.99 Å². The number of guanidine groups is 1. The molecule has 0 radical (unpaired) electrons. The maximum atomic E-state index is 5.19. The molecule has 2 rings (SSSR count). The molecule has 3 N–H and O–H groups in total. The van der Waals surface area contributed by atoms with Gasteiger partial charge >= 0.3 is 0 Å². The zero-order valence-electron chi connectivity index (χ0n) is 13.4. The van der Waals surface area contributed by atoms with Gasteiger partial charge in [-0.05, 0) is 51.2 Å². The van der Waals surface area contributed by atoms with Crippen molar-refractivity contribution in [3.05, 3.63) is 47.8 Å². The van der Waals surface area contributed by atoms with Crippen LogP contribution in [0.3, 0.4) is 0 Å². The predicted octanol–water partition coefficient (Wildman–Crippen LogP) is 2.87. The molecule has 1 aromatic heterocycles. The number of benzene rings is 1. The smallest absolute Gasteiger partial charge is 0.229 e. The molecule has 2 aromatic rings. The van der Waals surface area contributed by atoms with Gasteiger partial charge in [-0.1, -0.05) is 18.2 Å². The summed E-state index contributed by atoms with van der Waals surface area (Å²) in [6.07, 6.45) is 0. The Kier molecular flexibility index (Phi) is 5.99. The summed E-state index contributed by atoms with van der Waals surface area (Å²) in [5.74, 6) is 0.941. The van der Waals surface area contributed by atoms with Crippen LogP contribution in [0.2, 0.25) is 0 Å². The first-order valence-electron chi connectivity index (χ1n) is 7.34. The number of hydrogen-bond acceptors (Lipinski definition) is 3. The molecule has 6 nitrogen and oxygen atoms in total. The van der Waals surface area contributed by atoms with Crippen molar-refractivity contribution in [3.8, 4) is 0 Å². The molecule has 0 aliphatic carbocycles. The number of aromatic nitrogens is 2. The Hall–Kier alpha value is -2.54. The van der Waals surface area contributed by atoms with Gasteiger partial charge in [0.15, 0.2) is 5.11 Å². The number of aliphatic imine (C=N–C) groups is 1. The van der Waals surface area contributed by atoms with Crippen molar-refractivity contribution in [2.75, 3.05) is 17.2 Å². The summed E-state index contributed by atoms with van der Waals surface area (Å²) < 4.78 is 0. The highest BCUT2D eigenvalue weighted by Gasteiger charge is 2.06. The summed E-state index contributed by atoms with van der Waals surface area (Å²) in [7, 11) is 0. The van der Waals surface area contributed by atoms with E-state index in [0.29, 0.717) is 23.6 Å². The van der Waals surface area contributed by atoms with E-state index in [1.54, 1.807) is 0 Å².